The van der Waals surface area contributed by atoms with Gasteiger partial charge in [0.25, 0.3) is 11.8 Å². The van der Waals surface area contributed by atoms with Crippen molar-refractivity contribution in [2.45, 2.75) is 11.4 Å². The van der Waals surface area contributed by atoms with E-state index in [0.29, 0.717) is 10.6 Å². The van der Waals surface area contributed by atoms with Gasteiger partial charge in [-0.2, -0.15) is 0 Å². The minimum absolute atomic E-state index is 0.0197. The highest BCUT2D eigenvalue weighted by molar-refractivity contribution is 7.89. The fourth-order valence-corrected chi connectivity index (χ4v) is 3.64. The molecule has 0 aliphatic carbocycles. The van der Waals surface area contributed by atoms with Gasteiger partial charge >= 0.3 is 0 Å². The van der Waals surface area contributed by atoms with Crippen LogP contribution in [0.1, 0.15) is 26.3 Å². The minimum atomic E-state index is -3.85. The molecule has 0 saturated heterocycles. The van der Waals surface area contributed by atoms with Crippen LogP contribution in [0.25, 0.3) is 0 Å². The molecule has 0 unspecified atom stereocenters. The van der Waals surface area contributed by atoms with Gasteiger partial charge in [0.2, 0.25) is 10.0 Å². The third-order valence-corrected chi connectivity index (χ3v) is 5.55. The molecule has 0 atom stereocenters. The van der Waals surface area contributed by atoms with E-state index in [1.807, 2.05) is 0 Å². The summed E-state index contributed by atoms with van der Waals surface area (Å²) in [5.41, 5.74) is 0.922. The van der Waals surface area contributed by atoms with Gasteiger partial charge in [0.15, 0.2) is 0 Å². The van der Waals surface area contributed by atoms with Crippen LogP contribution in [0.4, 0.5) is 0 Å². The molecule has 3 rings (SSSR count). The zero-order chi connectivity index (χ0) is 17.5. The van der Waals surface area contributed by atoms with Crippen molar-refractivity contribution >= 4 is 33.4 Å². The monoisotopic (exact) mass is 364 g/mol. The lowest BCUT2D eigenvalue weighted by Gasteiger charge is -2.08. The molecule has 0 radical (unpaired) electrons. The van der Waals surface area contributed by atoms with Gasteiger partial charge in [0.05, 0.1) is 16.0 Å². The van der Waals surface area contributed by atoms with Crippen molar-refractivity contribution in [2.75, 3.05) is 7.05 Å². The molecule has 24 heavy (non-hydrogen) atoms. The fourth-order valence-electron chi connectivity index (χ4n) is 2.41. The Bertz CT molecular complexity index is 956. The van der Waals surface area contributed by atoms with Crippen LogP contribution in [0.5, 0.6) is 0 Å². The van der Waals surface area contributed by atoms with E-state index < -0.39 is 21.8 Å². The first-order valence-electron chi connectivity index (χ1n) is 7.01. The Labute approximate surface area is 144 Å². The summed E-state index contributed by atoms with van der Waals surface area (Å²) in [7, 11) is -2.49. The highest BCUT2D eigenvalue weighted by Gasteiger charge is 2.33. The van der Waals surface area contributed by atoms with E-state index in [-0.39, 0.29) is 22.6 Å². The van der Waals surface area contributed by atoms with E-state index in [9.17, 15) is 18.0 Å². The molecule has 8 heteroatoms. The summed E-state index contributed by atoms with van der Waals surface area (Å²) >= 11 is 6.00. The van der Waals surface area contributed by atoms with E-state index in [0.717, 1.165) is 4.90 Å². The van der Waals surface area contributed by atoms with Gasteiger partial charge in [-0.1, -0.05) is 29.8 Å². The Hall–Kier alpha value is -2.22. The molecular weight excluding hydrogens is 352 g/mol. The lowest BCUT2D eigenvalue weighted by atomic mass is 10.1. The maximum atomic E-state index is 12.4. The van der Waals surface area contributed by atoms with Gasteiger partial charge in [-0.05, 0) is 29.8 Å². The summed E-state index contributed by atoms with van der Waals surface area (Å²) in [6.45, 7) is 0.0197. The number of fused-ring (bicyclic) bond motifs is 1. The number of hydrogen-bond acceptors (Lipinski definition) is 4. The van der Waals surface area contributed by atoms with Gasteiger partial charge < -0.3 is 0 Å². The summed E-state index contributed by atoms with van der Waals surface area (Å²) in [4.78, 5) is 24.7. The number of carbonyl (C=O) groups excluding carboxylic acids is 2. The average Bonchev–Trinajstić information content (AvgIpc) is 2.78. The SMILES string of the molecule is CN1C(=O)c2ccc(S(=O)(=O)NCc3ccccc3Cl)cc2C1=O. The number of rotatable bonds is 4. The lowest BCUT2D eigenvalue weighted by molar-refractivity contribution is 0.0693. The van der Waals surface area contributed by atoms with Gasteiger partial charge in [0, 0.05) is 18.6 Å². The topological polar surface area (TPSA) is 83.6 Å². The van der Waals surface area contributed by atoms with Gasteiger partial charge in [0.1, 0.15) is 0 Å². The predicted octanol–water partition coefficient (Wildman–Crippen LogP) is 2.04. The fraction of sp³-hybridized carbons (Fsp3) is 0.125. The number of nitrogens with one attached hydrogen (secondary N) is 1. The minimum Gasteiger partial charge on any atom is -0.277 e. The van der Waals surface area contributed by atoms with E-state index in [4.69, 9.17) is 11.6 Å². The summed E-state index contributed by atoms with van der Waals surface area (Å²) < 4.78 is 27.3. The van der Waals surface area contributed by atoms with Crippen LogP contribution >= 0.6 is 11.6 Å². The largest absolute Gasteiger partial charge is 0.277 e. The number of sulfonamides is 1. The lowest BCUT2D eigenvalue weighted by Crippen LogP contribution is -2.24. The highest BCUT2D eigenvalue weighted by Crippen LogP contribution is 2.25. The van der Waals surface area contributed by atoms with Crippen LogP contribution in [-0.4, -0.2) is 32.2 Å². The Kier molecular flexibility index (Phi) is 4.16. The number of benzene rings is 2. The molecule has 1 aliphatic heterocycles. The molecular formula is C16H13ClN2O4S. The number of imide groups is 1. The first-order chi connectivity index (χ1) is 11.3. The molecule has 1 heterocycles. The molecule has 2 aromatic carbocycles. The Morgan fingerprint density at radius 3 is 2.42 bits per heavy atom. The van der Waals surface area contributed by atoms with Crippen molar-refractivity contribution in [1.82, 2.24) is 9.62 Å². The Morgan fingerprint density at radius 2 is 1.71 bits per heavy atom. The molecule has 124 valence electrons. The zero-order valence-corrected chi connectivity index (χ0v) is 14.2. The molecule has 0 saturated carbocycles. The van der Waals surface area contributed by atoms with Gasteiger partial charge in [-0.3, -0.25) is 14.5 Å². The molecule has 1 N–H and O–H groups in total. The third kappa shape index (κ3) is 2.82. The summed E-state index contributed by atoms with van der Waals surface area (Å²) in [6, 6.07) is 10.8. The highest BCUT2D eigenvalue weighted by atomic mass is 35.5. The average molecular weight is 365 g/mol. The quantitative estimate of drug-likeness (QED) is 0.841. The number of hydrogen-bond donors (Lipinski definition) is 1. The predicted molar refractivity (Wildman–Crippen MR) is 88.3 cm³/mol. The molecule has 0 spiro atoms. The molecule has 2 amide bonds. The number of halogens is 1. The first kappa shape index (κ1) is 16.6. The number of carbonyl (C=O) groups is 2. The molecule has 6 nitrogen and oxygen atoms in total. The number of amides is 2. The third-order valence-electron chi connectivity index (χ3n) is 3.78. The van der Waals surface area contributed by atoms with Crippen LogP contribution in [0, 0.1) is 0 Å². The van der Waals surface area contributed by atoms with Crippen LogP contribution < -0.4 is 4.72 Å². The Morgan fingerprint density at radius 1 is 1.04 bits per heavy atom. The molecule has 0 aromatic heterocycles. The molecule has 0 bridgehead atoms. The van der Waals surface area contributed by atoms with E-state index in [2.05, 4.69) is 4.72 Å². The molecule has 1 aliphatic rings. The van der Waals surface area contributed by atoms with E-state index in [1.165, 1.54) is 25.2 Å². The Balaban J connectivity index is 1.88. The molecule has 2 aromatic rings. The van der Waals surface area contributed by atoms with Crippen molar-refractivity contribution in [3.05, 3.63) is 64.2 Å². The van der Waals surface area contributed by atoms with Crippen LogP contribution in [0.3, 0.4) is 0 Å². The van der Waals surface area contributed by atoms with Crippen molar-refractivity contribution in [2.24, 2.45) is 0 Å². The first-order valence-corrected chi connectivity index (χ1v) is 8.87. The maximum absolute atomic E-state index is 12.4. The summed E-state index contributed by atoms with van der Waals surface area (Å²) in [5, 5.41) is 0.455. The van der Waals surface area contributed by atoms with Crippen LogP contribution in [0.2, 0.25) is 5.02 Å². The smallest absolute Gasteiger partial charge is 0.261 e. The van der Waals surface area contributed by atoms with Crippen LogP contribution in [0.15, 0.2) is 47.4 Å². The molecule has 0 fully saturated rings. The normalized spacial score (nSPS) is 14.2. The van der Waals surface area contributed by atoms with Crippen LogP contribution in [-0.2, 0) is 16.6 Å². The second-order valence-electron chi connectivity index (χ2n) is 5.29. The summed E-state index contributed by atoms with van der Waals surface area (Å²) in [6.07, 6.45) is 0. The van der Waals surface area contributed by atoms with Crippen molar-refractivity contribution in [1.29, 1.82) is 0 Å². The van der Waals surface area contributed by atoms with Gasteiger partial charge in [-0.25, -0.2) is 13.1 Å². The van der Waals surface area contributed by atoms with Crippen molar-refractivity contribution < 1.29 is 18.0 Å². The standard InChI is InChI=1S/C16H13ClN2O4S/c1-19-15(20)12-7-6-11(8-13(12)16(19)21)24(22,23)18-9-10-4-2-3-5-14(10)17/h2-8,18H,9H2,1H3. The van der Waals surface area contributed by atoms with Gasteiger partial charge in [-0.15, -0.1) is 0 Å². The second kappa shape index (κ2) is 6.01. The van der Waals surface area contributed by atoms with Crippen molar-refractivity contribution in [3.8, 4) is 0 Å². The summed E-state index contributed by atoms with van der Waals surface area (Å²) in [5.74, 6) is -0.957. The van der Waals surface area contributed by atoms with E-state index in [1.54, 1.807) is 24.3 Å². The van der Waals surface area contributed by atoms with E-state index >= 15 is 0 Å². The van der Waals surface area contributed by atoms with Crippen molar-refractivity contribution in [3.63, 3.8) is 0 Å². The zero-order valence-electron chi connectivity index (χ0n) is 12.6. The second-order valence-corrected chi connectivity index (χ2v) is 7.47. The maximum Gasteiger partial charge on any atom is 0.261 e. The number of nitrogens with zero attached hydrogens (tertiary/aromatic N) is 1.